The molecule has 4 heterocycles. The molecule has 0 unspecified atom stereocenters. The summed E-state index contributed by atoms with van der Waals surface area (Å²) in [5, 5.41) is 4.72. The van der Waals surface area contributed by atoms with Gasteiger partial charge in [-0.25, -0.2) is 19.6 Å². The maximum absolute atomic E-state index is 5.56. The van der Waals surface area contributed by atoms with Gasteiger partial charge in [0.1, 0.15) is 17.9 Å². The summed E-state index contributed by atoms with van der Waals surface area (Å²) in [6.07, 6.45) is 11.5. The van der Waals surface area contributed by atoms with Crippen LogP contribution in [-0.2, 0) is 6.54 Å². The highest BCUT2D eigenvalue weighted by Gasteiger charge is 2.25. The number of pyridine rings is 1. The summed E-state index contributed by atoms with van der Waals surface area (Å²) < 4.78 is 14.7. The van der Waals surface area contributed by atoms with E-state index in [9.17, 15) is 0 Å². The monoisotopic (exact) mass is 442 g/mol. The van der Waals surface area contributed by atoms with Crippen molar-refractivity contribution in [1.82, 2.24) is 29.3 Å². The second-order valence-electron chi connectivity index (χ2n) is 8.07. The van der Waals surface area contributed by atoms with Crippen molar-refractivity contribution in [2.45, 2.75) is 32.2 Å². The highest BCUT2D eigenvalue weighted by molar-refractivity contribution is 5.67. The van der Waals surface area contributed by atoms with E-state index in [1.165, 1.54) is 5.56 Å². The predicted molar refractivity (Wildman–Crippen MR) is 126 cm³/mol. The molecule has 0 amide bonds. The molecule has 0 saturated carbocycles. The van der Waals surface area contributed by atoms with E-state index in [2.05, 4.69) is 22.1 Å². The lowest BCUT2D eigenvalue weighted by Gasteiger charge is -2.22. The fraction of sp³-hybridized carbons (Fsp3) is 0.280. The number of rotatable bonds is 6. The number of ether oxygens (including phenoxy) is 2. The first-order valence-electron chi connectivity index (χ1n) is 11.0. The SMILES string of the molecule is COc1ccc([C@@H]2CCCn3nc(C=Cc4cnc(-n5cnc(C)c5)c(OC)c4)nc32)cc1. The molecular weight excluding hydrogens is 416 g/mol. The smallest absolute Gasteiger partial charge is 0.180 e. The largest absolute Gasteiger partial charge is 0.497 e. The van der Waals surface area contributed by atoms with Crippen LogP contribution in [0.1, 0.15) is 47.2 Å². The van der Waals surface area contributed by atoms with Gasteiger partial charge in [-0.15, -0.1) is 0 Å². The summed E-state index contributed by atoms with van der Waals surface area (Å²) in [6.45, 7) is 2.83. The number of hydrogen-bond donors (Lipinski definition) is 0. The van der Waals surface area contributed by atoms with E-state index in [0.717, 1.165) is 42.2 Å². The Morgan fingerprint density at radius 2 is 1.91 bits per heavy atom. The maximum Gasteiger partial charge on any atom is 0.180 e. The minimum absolute atomic E-state index is 0.235. The molecule has 33 heavy (non-hydrogen) atoms. The number of methoxy groups -OCH3 is 2. The molecule has 0 bridgehead atoms. The van der Waals surface area contributed by atoms with E-state index in [1.54, 1.807) is 26.7 Å². The van der Waals surface area contributed by atoms with E-state index < -0.39 is 0 Å². The molecule has 168 valence electrons. The van der Waals surface area contributed by atoms with Gasteiger partial charge in [0.25, 0.3) is 0 Å². The Hall–Kier alpha value is -3.94. The van der Waals surface area contributed by atoms with E-state index >= 15 is 0 Å². The molecule has 1 aromatic carbocycles. The molecule has 8 nitrogen and oxygen atoms in total. The zero-order valence-corrected chi connectivity index (χ0v) is 19.0. The van der Waals surface area contributed by atoms with E-state index in [-0.39, 0.29) is 5.92 Å². The zero-order valence-electron chi connectivity index (χ0n) is 19.0. The van der Waals surface area contributed by atoms with Gasteiger partial charge in [-0.3, -0.25) is 4.57 Å². The van der Waals surface area contributed by atoms with E-state index in [0.29, 0.717) is 17.4 Å². The van der Waals surface area contributed by atoms with Gasteiger partial charge in [0, 0.05) is 24.9 Å². The average Bonchev–Trinajstić information content (AvgIpc) is 3.48. The number of imidazole rings is 1. The molecule has 8 heteroatoms. The highest BCUT2D eigenvalue weighted by Crippen LogP contribution is 2.33. The third kappa shape index (κ3) is 4.24. The Morgan fingerprint density at radius 1 is 1.06 bits per heavy atom. The molecule has 1 atom stereocenters. The van der Waals surface area contributed by atoms with Crippen LogP contribution in [0.25, 0.3) is 18.0 Å². The molecule has 5 rings (SSSR count). The molecule has 0 radical (unpaired) electrons. The maximum atomic E-state index is 5.56. The molecule has 0 saturated heterocycles. The number of nitrogens with zero attached hydrogens (tertiary/aromatic N) is 6. The van der Waals surface area contributed by atoms with Crippen LogP contribution in [0.5, 0.6) is 11.5 Å². The van der Waals surface area contributed by atoms with Crippen LogP contribution in [0.2, 0.25) is 0 Å². The molecule has 0 spiro atoms. The van der Waals surface area contributed by atoms with Crippen molar-refractivity contribution >= 4 is 12.2 Å². The Morgan fingerprint density at radius 3 is 2.64 bits per heavy atom. The van der Waals surface area contributed by atoms with Gasteiger partial charge in [0.15, 0.2) is 17.4 Å². The second-order valence-corrected chi connectivity index (χ2v) is 8.07. The molecule has 1 aliphatic heterocycles. The van der Waals surface area contributed by atoms with Crippen molar-refractivity contribution in [2.24, 2.45) is 0 Å². The normalized spacial score (nSPS) is 15.5. The molecule has 1 aliphatic rings. The number of aryl methyl sites for hydroxylation is 2. The molecule has 0 fully saturated rings. The van der Waals surface area contributed by atoms with Crippen LogP contribution in [0.4, 0.5) is 0 Å². The van der Waals surface area contributed by atoms with Crippen molar-refractivity contribution in [3.63, 3.8) is 0 Å². The Balaban J connectivity index is 1.39. The number of hydrogen-bond acceptors (Lipinski definition) is 6. The van der Waals surface area contributed by atoms with Crippen molar-refractivity contribution < 1.29 is 9.47 Å². The van der Waals surface area contributed by atoms with E-state index in [1.807, 2.05) is 52.7 Å². The molecular formula is C25H26N6O2. The molecule has 0 aliphatic carbocycles. The second kappa shape index (κ2) is 8.90. The summed E-state index contributed by atoms with van der Waals surface area (Å²) in [6, 6.07) is 10.2. The summed E-state index contributed by atoms with van der Waals surface area (Å²) in [4.78, 5) is 13.7. The first kappa shape index (κ1) is 20.9. The summed E-state index contributed by atoms with van der Waals surface area (Å²) in [5.74, 6) is 4.17. The lowest BCUT2D eigenvalue weighted by atomic mass is 9.91. The third-order valence-corrected chi connectivity index (χ3v) is 5.86. The summed E-state index contributed by atoms with van der Waals surface area (Å²) in [7, 11) is 3.32. The van der Waals surface area contributed by atoms with Crippen LogP contribution >= 0.6 is 0 Å². The van der Waals surface area contributed by atoms with Crippen LogP contribution in [0.15, 0.2) is 49.1 Å². The Labute approximate surface area is 192 Å². The van der Waals surface area contributed by atoms with Gasteiger partial charge in [0.2, 0.25) is 0 Å². The van der Waals surface area contributed by atoms with Crippen molar-refractivity contribution in [2.75, 3.05) is 14.2 Å². The van der Waals surface area contributed by atoms with Crippen LogP contribution in [0.3, 0.4) is 0 Å². The third-order valence-electron chi connectivity index (χ3n) is 5.86. The quantitative estimate of drug-likeness (QED) is 0.443. The van der Waals surface area contributed by atoms with Gasteiger partial charge in [-0.05, 0) is 61.2 Å². The fourth-order valence-electron chi connectivity index (χ4n) is 4.19. The predicted octanol–water partition coefficient (Wildman–Crippen LogP) is 4.28. The summed E-state index contributed by atoms with van der Waals surface area (Å²) in [5.41, 5.74) is 3.07. The van der Waals surface area contributed by atoms with Crippen LogP contribution in [0, 0.1) is 6.92 Å². The fourth-order valence-corrected chi connectivity index (χ4v) is 4.19. The average molecular weight is 443 g/mol. The van der Waals surface area contributed by atoms with Gasteiger partial charge in [-0.1, -0.05) is 12.1 Å². The highest BCUT2D eigenvalue weighted by atomic mass is 16.5. The Bertz CT molecular complexity index is 1290. The molecule has 0 N–H and O–H groups in total. The van der Waals surface area contributed by atoms with Gasteiger partial charge < -0.3 is 9.47 Å². The number of benzene rings is 1. The number of aromatic nitrogens is 6. The lowest BCUT2D eigenvalue weighted by Crippen LogP contribution is -2.17. The topological polar surface area (TPSA) is 79.9 Å². The Kier molecular flexibility index (Phi) is 5.64. The van der Waals surface area contributed by atoms with Crippen LogP contribution < -0.4 is 9.47 Å². The summed E-state index contributed by atoms with van der Waals surface area (Å²) >= 11 is 0. The van der Waals surface area contributed by atoms with Gasteiger partial charge in [-0.2, -0.15) is 5.10 Å². The first-order chi connectivity index (χ1) is 16.1. The lowest BCUT2D eigenvalue weighted by molar-refractivity contribution is 0.410. The van der Waals surface area contributed by atoms with Crippen LogP contribution in [-0.4, -0.2) is 43.5 Å². The van der Waals surface area contributed by atoms with Gasteiger partial charge >= 0.3 is 0 Å². The minimum Gasteiger partial charge on any atom is -0.497 e. The number of fused-ring (bicyclic) bond motifs is 1. The zero-order chi connectivity index (χ0) is 22.8. The van der Waals surface area contributed by atoms with Gasteiger partial charge in [0.05, 0.1) is 19.9 Å². The van der Waals surface area contributed by atoms with E-state index in [4.69, 9.17) is 19.6 Å². The van der Waals surface area contributed by atoms with Crippen molar-refractivity contribution in [3.05, 3.63) is 77.5 Å². The first-order valence-corrected chi connectivity index (χ1v) is 11.0. The molecule has 3 aromatic heterocycles. The molecule has 4 aromatic rings. The standard InChI is InChI=1S/C25H26N6O2/c1-17-15-30(16-27-17)25-22(33-3)13-18(14-26-25)6-11-23-28-24-21(5-4-12-31(24)29-23)19-7-9-20(32-2)10-8-19/h6-11,13-16,21H,4-5,12H2,1-3H3/t21-/m0/s1. The van der Waals surface area contributed by atoms with Crippen molar-refractivity contribution in [3.8, 4) is 17.3 Å². The van der Waals surface area contributed by atoms with Crippen molar-refractivity contribution in [1.29, 1.82) is 0 Å². The minimum atomic E-state index is 0.235.